The second-order valence-corrected chi connectivity index (χ2v) is 6.14. The van der Waals surface area contributed by atoms with Crippen LogP contribution in [0.4, 0.5) is 17.5 Å². The third kappa shape index (κ3) is 3.88. The molecule has 0 aliphatic carbocycles. The first kappa shape index (κ1) is 19.2. The van der Waals surface area contributed by atoms with Gasteiger partial charge in [0.25, 0.3) is 5.91 Å². The predicted octanol–water partition coefficient (Wildman–Crippen LogP) is 2.43. The third-order valence-corrected chi connectivity index (χ3v) is 4.12. The first-order chi connectivity index (χ1) is 13.4. The fourth-order valence-corrected chi connectivity index (χ4v) is 2.77. The number of hydrogen-bond donors (Lipinski definition) is 3. The van der Waals surface area contributed by atoms with Gasteiger partial charge in [0.1, 0.15) is 17.3 Å². The van der Waals surface area contributed by atoms with Gasteiger partial charge < -0.3 is 20.7 Å². The molecule has 0 radical (unpaired) electrons. The minimum absolute atomic E-state index is 0.247. The smallest absolute Gasteiger partial charge is 0.271 e. The molecule has 0 spiro atoms. The standard InChI is InChI=1S/C19H23N7O2/c1-11-8-17(20-3)24-19(22-11)23-13-6-7-16(28-5)15(10-13)26-12(2)9-14(25-26)18(27)21-4/h6-10H,1-5H3,(H,21,27)(H2,20,22,23,24). The zero-order chi connectivity index (χ0) is 20.3. The number of hydrogen-bond acceptors (Lipinski definition) is 7. The maximum atomic E-state index is 11.9. The van der Waals surface area contributed by atoms with Gasteiger partial charge in [0.15, 0.2) is 5.69 Å². The van der Waals surface area contributed by atoms with E-state index in [1.807, 2.05) is 45.2 Å². The lowest BCUT2D eigenvalue weighted by Crippen LogP contribution is -2.18. The summed E-state index contributed by atoms with van der Waals surface area (Å²) in [6.07, 6.45) is 0. The first-order valence-electron chi connectivity index (χ1n) is 8.72. The Morgan fingerprint density at radius 3 is 2.57 bits per heavy atom. The van der Waals surface area contributed by atoms with Crippen LogP contribution < -0.4 is 20.7 Å². The Morgan fingerprint density at radius 2 is 1.89 bits per heavy atom. The third-order valence-electron chi connectivity index (χ3n) is 4.12. The van der Waals surface area contributed by atoms with Gasteiger partial charge in [0, 0.05) is 37.2 Å². The number of aryl methyl sites for hydroxylation is 2. The average molecular weight is 381 g/mol. The lowest BCUT2D eigenvalue weighted by atomic mass is 10.2. The fraction of sp³-hybridized carbons (Fsp3) is 0.263. The summed E-state index contributed by atoms with van der Waals surface area (Å²) in [6.45, 7) is 3.78. The van der Waals surface area contributed by atoms with E-state index in [1.165, 1.54) is 0 Å². The minimum atomic E-state index is -0.247. The number of nitrogens with zero attached hydrogens (tertiary/aromatic N) is 4. The van der Waals surface area contributed by atoms with Gasteiger partial charge in [0.2, 0.25) is 5.95 Å². The molecule has 3 aromatic rings. The van der Waals surface area contributed by atoms with Gasteiger partial charge in [-0.3, -0.25) is 4.79 Å². The number of methoxy groups -OCH3 is 1. The summed E-state index contributed by atoms with van der Waals surface area (Å²) in [5.74, 6) is 1.58. The first-order valence-corrected chi connectivity index (χ1v) is 8.72. The van der Waals surface area contributed by atoms with Gasteiger partial charge in [-0.15, -0.1) is 0 Å². The topological polar surface area (TPSA) is 106 Å². The van der Waals surface area contributed by atoms with E-state index in [0.29, 0.717) is 23.1 Å². The summed E-state index contributed by atoms with van der Waals surface area (Å²) in [6, 6.07) is 9.15. The number of aromatic nitrogens is 4. The van der Waals surface area contributed by atoms with E-state index >= 15 is 0 Å². The molecule has 1 amide bonds. The van der Waals surface area contributed by atoms with Crippen molar-refractivity contribution in [3.63, 3.8) is 0 Å². The van der Waals surface area contributed by atoms with Gasteiger partial charge in [-0.2, -0.15) is 10.1 Å². The normalized spacial score (nSPS) is 10.5. The second-order valence-electron chi connectivity index (χ2n) is 6.14. The van der Waals surface area contributed by atoms with Gasteiger partial charge in [-0.1, -0.05) is 0 Å². The monoisotopic (exact) mass is 381 g/mol. The molecule has 28 heavy (non-hydrogen) atoms. The molecule has 146 valence electrons. The van der Waals surface area contributed by atoms with E-state index in [0.717, 1.165) is 22.9 Å². The molecule has 0 saturated heterocycles. The van der Waals surface area contributed by atoms with Crippen LogP contribution in [0.2, 0.25) is 0 Å². The highest BCUT2D eigenvalue weighted by Crippen LogP contribution is 2.28. The molecular formula is C19H23N7O2. The van der Waals surface area contributed by atoms with Crippen LogP contribution in [-0.2, 0) is 0 Å². The van der Waals surface area contributed by atoms with E-state index in [4.69, 9.17) is 4.74 Å². The molecule has 1 aromatic carbocycles. The van der Waals surface area contributed by atoms with Crippen LogP contribution in [0.3, 0.4) is 0 Å². The second kappa shape index (κ2) is 7.95. The van der Waals surface area contributed by atoms with E-state index in [2.05, 4.69) is 31.0 Å². The van der Waals surface area contributed by atoms with Crippen molar-refractivity contribution in [3.8, 4) is 11.4 Å². The summed E-state index contributed by atoms with van der Waals surface area (Å²) in [5, 5.41) is 13.2. The molecule has 2 aromatic heterocycles. The molecule has 0 saturated carbocycles. The summed E-state index contributed by atoms with van der Waals surface area (Å²) in [7, 11) is 4.97. The number of amides is 1. The highest BCUT2D eigenvalue weighted by molar-refractivity contribution is 5.92. The average Bonchev–Trinajstić information content (AvgIpc) is 3.08. The van der Waals surface area contributed by atoms with E-state index in [1.54, 1.807) is 24.9 Å². The Bertz CT molecular complexity index is 1010. The number of rotatable bonds is 6. The van der Waals surface area contributed by atoms with E-state index in [-0.39, 0.29) is 5.91 Å². The minimum Gasteiger partial charge on any atom is -0.494 e. The van der Waals surface area contributed by atoms with Crippen LogP contribution in [0.25, 0.3) is 5.69 Å². The van der Waals surface area contributed by atoms with E-state index < -0.39 is 0 Å². The van der Waals surface area contributed by atoms with Crippen molar-refractivity contribution < 1.29 is 9.53 Å². The molecule has 9 heteroatoms. The predicted molar refractivity (Wildman–Crippen MR) is 108 cm³/mol. The molecule has 3 N–H and O–H groups in total. The number of carbonyl (C=O) groups excluding carboxylic acids is 1. The highest BCUT2D eigenvalue weighted by Gasteiger charge is 2.15. The molecular weight excluding hydrogens is 358 g/mol. The maximum Gasteiger partial charge on any atom is 0.271 e. The molecule has 0 aliphatic heterocycles. The Labute approximate surface area is 163 Å². The zero-order valence-electron chi connectivity index (χ0n) is 16.5. The summed E-state index contributed by atoms with van der Waals surface area (Å²) < 4.78 is 7.15. The van der Waals surface area contributed by atoms with Crippen LogP contribution in [0.1, 0.15) is 21.9 Å². The van der Waals surface area contributed by atoms with Crippen molar-refractivity contribution in [1.82, 2.24) is 25.1 Å². The maximum absolute atomic E-state index is 11.9. The molecule has 0 unspecified atom stereocenters. The van der Waals surface area contributed by atoms with Crippen LogP contribution in [0, 0.1) is 13.8 Å². The molecule has 2 heterocycles. The Morgan fingerprint density at radius 1 is 1.11 bits per heavy atom. The Kier molecular flexibility index (Phi) is 5.44. The van der Waals surface area contributed by atoms with Gasteiger partial charge in [0.05, 0.1) is 7.11 Å². The number of nitrogens with one attached hydrogen (secondary N) is 3. The summed E-state index contributed by atoms with van der Waals surface area (Å²) in [4.78, 5) is 20.7. The Balaban J connectivity index is 2.00. The highest BCUT2D eigenvalue weighted by atomic mass is 16.5. The van der Waals surface area contributed by atoms with Crippen LogP contribution in [0.15, 0.2) is 30.3 Å². The van der Waals surface area contributed by atoms with Crippen molar-refractivity contribution in [3.05, 3.63) is 47.4 Å². The van der Waals surface area contributed by atoms with Crippen molar-refractivity contribution >= 4 is 23.4 Å². The molecule has 3 rings (SSSR count). The van der Waals surface area contributed by atoms with Crippen LogP contribution in [-0.4, -0.2) is 46.9 Å². The summed E-state index contributed by atoms with van der Waals surface area (Å²) >= 11 is 0. The molecule has 0 fully saturated rings. The molecule has 9 nitrogen and oxygen atoms in total. The van der Waals surface area contributed by atoms with E-state index in [9.17, 15) is 4.79 Å². The SMILES string of the molecule is CNC(=O)c1cc(C)n(-c2cc(Nc3nc(C)cc(NC)n3)ccc2OC)n1. The Hall–Kier alpha value is -3.62. The number of carbonyl (C=O) groups is 1. The molecule has 0 aliphatic rings. The van der Waals surface area contributed by atoms with Gasteiger partial charge in [-0.25, -0.2) is 9.67 Å². The summed E-state index contributed by atoms with van der Waals surface area (Å²) in [5.41, 5.74) is 3.44. The van der Waals surface area contributed by atoms with Gasteiger partial charge >= 0.3 is 0 Å². The van der Waals surface area contributed by atoms with Gasteiger partial charge in [-0.05, 0) is 38.1 Å². The largest absolute Gasteiger partial charge is 0.494 e. The van der Waals surface area contributed by atoms with Crippen LogP contribution in [0.5, 0.6) is 5.75 Å². The van der Waals surface area contributed by atoms with Crippen LogP contribution >= 0.6 is 0 Å². The lowest BCUT2D eigenvalue weighted by molar-refractivity contribution is 0.0957. The fourth-order valence-electron chi connectivity index (χ4n) is 2.77. The quantitative estimate of drug-likeness (QED) is 0.602. The van der Waals surface area contributed by atoms with Crippen molar-refractivity contribution in [2.45, 2.75) is 13.8 Å². The number of benzene rings is 1. The number of anilines is 3. The lowest BCUT2D eigenvalue weighted by Gasteiger charge is -2.13. The van der Waals surface area contributed by atoms with Crippen molar-refractivity contribution in [2.24, 2.45) is 0 Å². The zero-order valence-corrected chi connectivity index (χ0v) is 16.5. The molecule has 0 atom stereocenters. The molecule has 0 bridgehead atoms. The van der Waals surface area contributed by atoms with Crippen molar-refractivity contribution in [2.75, 3.05) is 31.8 Å². The van der Waals surface area contributed by atoms with Crippen molar-refractivity contribution in [1.29, 1.82) is 0 Å². The number of ether oxygens (including phenoxy) is 1.